The van der Waals surface area contributed by atoms with Crippen LogP contribution in [0.1, 0.15) is 21.9 Å². The third-order valence-corrected chi connectivity index (χ3v) is 3.44. The molecule has 0 radical (unpaired) electrons. The van der Waals surface area contributed by atoms with Crippen LogP contribution < -0.4 is 0 Å². The van der Waals surface area contributed by atoms with Crippen LogP contribution in [-0.4, -0.2) is 40.0 Å². The van der Waals surface area contributed by atoms with Gasteiger partial charge in [0.05, 0.1) is 10.9 Å². The highest BCUT2D eigenvalue weighted by Gasteiger charge is 2.31. The van der Waals surface area contributed by atoms with Crippen molar-refractivity contribution < 1.29 is 14.7 Å². The summed E-state index contributed by atoms with van der Waals surface area (Å²) in [6.07, 6.45) is 0.532. The normalized spacial score (nSPS) is 20.1. The third-order valence-electron chi connectivity index (χ3n) is 2.66. The number of nitrogens with zero attached hydrogens (tertiary/aromatic N) is 2. The van der Waals surface area contributed by atoms with E-state index in [9.17, 15) is 9.59 Å². The SMILES string of the molecule is Cc1nc(C(=O)N2CCC(C(=O)O)C2)cs1. The van der Waals surface area contributed by atoms with Gasteiger partial charge in [-0.1, -0.05) is 0 Å². The van der Waals surface area contributed by atoms with Gasteiger partial charge in [0.1, 0.15) is 5.69 Å². The molecule has 1 atom stereocenters. The van der Waals surface area contributed by atoms with Gasteiger partial charge in [-0.15, -0.1) is 11.3 Å². The zero-order valence-corrected chi connectivity index (χ0v) is 9.66. The maximum Gasteiger partial charge on any atom is 0.308 e. The van der Waals surface area contributed by atoms with Crippen LogP contribution in [0.3, 0.4) is 0 Å². The molecule has 1 unspecified atom stereocenters. The minimum Gasteiger partial charge on any atom is -0.481 e. The summed E-state index contributed by atoms with van der Waals surface area (Å²) < 4.78 is 0. The van der Waals surface area contributed by atoms with Gasteiger partial charge < -0.3 is 10.0 Å². The van der Waals surface area contributed by atoms with Gasteiger partial charge in [-0.2, -0.15) is 0 Å². The molecule has 1 N–H and O–H groups in total. The van der Waals surface area contributed by atoms with Crippen LogP contribution in [0.2, 0.25) is 0 Å². The highest BCUT2D eigenvalue weighted by atomic mass is 32.1. The molecular formula is C10H12N2O3S. The van der Waals surface area contributed by atoms with Crippen molar-refractivity contribution in [3.8, 4) is 0 Å². The van der Waals surface area contributed by atoms with Gasteiger partial charge in [0, 0.05) is 18.5 Å². The van der Waals surface area contributed by atoms with Gasteiger partial charge in [-0.25, -0.2) is 4.98 Å². The van der Waals surface area contributed by atoms with Gasteiger partial charge in [0.15, 0.2) is 0 Å². The number of carbonyl (C=O) groups is 2. The summed E-state index contributed by atoms with van der Waals surface area (Å²) in [6, 6.07) is 0. The number of carboxylic acid groups (broad SMARTS) is 1. The maximum atomic E-state index is 11.9. The first-order valence-corrected chi connectivity index (χ1v) is 5.90. The molecule has 2 heterocycles. The van der Waals surface area contributed by atoms with Crippen molar-refractivity contribution in [3.05, 3.63) is 16.1 Å². The molecule has 6 heteroatoms. The van der Waals surface area contributed by atoms with Crippen molar-refractivity contribution in [2.75, 3.05) is 13.1 Å². The third kappa shape index (κ3) is 2.06. The van der Waals surface area contributed by atoms with E-state index in [2.05, 4.69) is 4.98 Å². The minimum absolute atomic E-state index is 0.159. The Morgan fingerprint density at radius 3 is 2.88 bits per heavy atom. The molecule has 2 rings (SSSR count). The number of carboxylic acids is 1. The fourth-order valence-corrected chi connectivity index (χ4v) is 2.36. The topological polar surface area (TPSA) is 70.5 Å². The second-order valence-electron chi connectivity index (χ2n) is 3.83. The summed E-state index contributed by atoms with van der Waals surface area (Å²) in [5.41, 5.74) is 0.425. The zero-order chi connectivity index (χ0) is 11.7. The molecule has 0 bridgehead atoms. The molecule has 0 spiro atoms. The Bertz CT molecular complexity index is 429. The first kappa shape index (κ1) is 11.1. The number of amides is 1. The van der Waals surface area contributed by atoms with E-state index in [1.54, 1.807) is 10.3 Å². The number of hydrogen-bond acceptors (Lipinski definition) is 4. The second kappa shape index (κ2) is 4.21. The van der Waals surface area contributed by atoms with Crippen molar-refractivity contribution in [2.45, 2.75) is 13.3 Å². The van der Waals surface area contributed by atoms with Gasteiger partial charge in [0.25, 0.3) is 5.91 Å². The van der Waals surface area contributed by atoms with Crippen LogP contribution in [0.5, 0.6) is 0 Å². The minimum atomic E-state index is -0.829. The van der Waals surface area contributed by atoms with E-state index in [-0.39, 0.29) is 5.91 Å². The molecule has 0 aliphatic carbocycles. The molecular weight excluding hydrogens is 228 g/mol. The standard InChI is InChI=1S/C10H12N2O3S/c1-6-11-8(5-16-6)9(13)12-3-2-7(4-12)10(14)15/h5,7H,2-4H2,1H3,(H,14,15). The number of aryl methyl sites for hydroxylation is 1. The number of carbonyl (C=O) groups excluding carboxylic acids is 1. The van der Waals surface area contributed by atoms with E-state index in [0.29, 0.717) is 25.2 Å². The fraction of sp³-hybridized carbons (Fsp3) is 0.500. The number of hydrogen-bond donors (Lipinski definition) is 1. The Balaban J connectivity index is 2.05. The lowest BCUT2D eigenvalue weighted by Crippen LogP contribution is -2.30. The molecule has 1 aliphatic heterocycles. The fourth-order valence-electron chi connectivity index (χ4n) is 1.77. The quantitative estimate of drug-likeness (QED) is 0.837. The summed E-state index contributed by atoms with van der Waals surface area (Å²) in [4.78, 5) is 28.3. The van der Waals surface area contributed by atoms with Crippen LogP contribution in [0.4, 0.5) is 0 Å². The summed E-state index contributed by atoms with van der Waals surface area (Å²) in [6.45, 7) is 2.64. The number of aliphatic carboxylic acids is 1. The smallest absolute Gasteiger partial charge is 0.308 e. The van der Waals surface area contributed by atoms with Crippen LogP contribution in [0.15, 0.2) is 5.38 Å². The highest BCUT2D eigenvalue weighted by molar-refractivity contribution is 7.09. The van der Waals surface area contributed by atoms with Crippen LogP contribution in [-0.2, 0) is 4.79 Å². The van der Waals surface area contributed by atoms with E-state index in [4.69, 9.17) is 5.11 Å². The Kier molecular flexibility index (Phi) is 2.91. The lowest BCUT2D eigenvalue weighted by atomic mass is 10.1. The highest BCUT2D eigenvalue weighted by Crippen LogP contribution is 2.19. The predicted octanol–water partition coefficient (Wildman–Crippen LogP) is 0.998. The zero-order valence-electron chi connectivity index (χ0n) is 8.84. The molecule has 16 heavy (non-hydrogen) atoms. The van der Waals surface area contributed by atoms with Crippen molar-refractivity contribution in [3.63, 3.8) is 0 Å². The van der Waals surface area contributed by atoms with Crippen LogP contribution in [0.25, 0.3) is 0 Å². The molecule has 5 nitrogen and oxygen atoms in total. The Morgan fingerprint density at radius 1 is 1.62 bits per heavy atom. The molecule has 86 valence electrons. The summed E-state index contributed by atoms with van der Waals surface area (Å²) in [5, 5.41) is 11.4. The van der Waals surface area contributed by atoms with E-state index in [1.807, 2.05) is 6.92 Å². The first-order valence-electron chi connectivity index (χ1n) is 5.02. The van der Waals surface area contributed by atoms with Crippen molar-refractivity contribution in [1.82, 2.24) is 9.88 Å². The van der Waals surface area contributed by atoms with Gasteiger partial charge in [0.2, 0.25) is 0 Å². The summed E-state index contributed by atoms with van der Waals surface area (Å²) in [5.74, 6) is -1.42. The first-order chi connectivity index (χ1) is 7.58. The molecule has 0 aromatic carbocycles. The van der Waals surface area contributed by atoms with E-state index < -0.39 is 11.9 Å². The lowest BCUT2D eigenvalue weighted by molar-refractivity contribution is -0.141. The van der Waals surface area contributed by atoms with E-state index >= 15 is 0 Å². The Labute approximate surface area is 96.7 Å². The van der Waals surface area contributed by atoms with Crippen molar-refractivity contribution in [1.29, 1.82) is 0 Å². The second-order valence-corrected chi connectivity index (χ2v) is 4.89. The average Bonchev–Trinajstić information content (AvgIpc) is 2.84. The van der Waals surface area contributed by atoms with E-state index in [0.717, 1.165) is 5.01 Å². The van der Waals surface area contributed by atoms with Crippen molar-refractivity contribution >= 4 is 23.2 Å². The summed E-state index contributed by atoms with van der Waals surface area (Å²) >= 11 is 1.42. The summed E-state index contributed by atoms with van der Waals surface area (Å²) in [7, 11) is 0. The largest absolute Gasteiger partial charge is 0.481 e. The monoisotopic (exact) mass is 240 g/mol. The maximum absolute atomic E-state index is 11.9. The number of thiazole rings is 1. The van der Waals surface area contributed by atoms with E-state index in [1.165, 1.54) is 11.3 Å². The molecule has 1 aromatic heterocycles. The average molecular weight is 240 g/mol. The molecule has 0 saturated carbocycles. The molecule has 1 aromatic rings. The molecule has 1 fully saturated rings. The van der Waals surface area contributed by atoms with Crippen LogP contribution in [0, 0.1) is 12.8 Å². The molecule has 1 aliphatic rings. The Hall–Kier alpha value is -1.43. The predicted molar refractivity (Wildman–Crippen MR) is 58.5 cm³/mol. The number of likely N-dealkylation sites (tertiary alicyclic amines) is 1. The molecule has 1 saturated heterocycles. The van der Waals surface area contributed by atoms with Gasteiger partial charge >= 0.3 is 5.97 Å². The Morgan fingerprint density at radius 2 is 2.38 bits per heavy atom. The molecule has 1 amide bonds. The van der Waals surface area contributed by atoms with Crippen molar-refractivity contribution in [2.24, 2.45) is 5.92 Å². The van der Waals surface area contributed by atoms with Gasteiger partial charge in [-0.05, 0) is 13.3 Å². The number of rotatable bonds is 2. The number of aromatic nitrogens is 1. The lowest BCUT2D eigenvalue weighted by Gasteiger charge is -2.13. The van der Waals surface area contributed by atoms with Gasteiger partial charge in [-0.3, -0.25) is 9.59 Å². The van der Waals surface area contributed by atoms with Crippen LogP contribution >= 0.6 is 11.3 Å².